The van der Waals surface area contributed by atoms with Crippen LogP contribution < -0.4 is 0 Å². The van der Waals surface area contributed by atoms with Crippen molar-refractivity contribution in [3.05, 3.63) is 37.3 Å². The van der Waals surface area contributed by atoms with Gasteiger partial charge in [-0.2, -0.15) is 0 Å². The van der Waals surface area contributed by atoms with Gasteiger partial charge in [-0.25, -0.2) is 8.42 Å². The highest BCUT2D eigenvalue weighted by Crippen LogP contribution is 2.20. The molecule has 70 valence electrons. The van der Waals surface area contributed by atoms with Crippen LogP contribution in [0.5, 0.6) is 0 Å². The third-order valence-electron chi connectivity index (χ3n) is 1.32. The zero-order valence-electron chi connectivity index (χ0n) is 6.44. The molecule has 0 atom stereocenters. The maximum Gasteiger partial charge on any atom is 0.201 e. The second-order valence-electron chi connectivity index (χ2n) is 2.27. The molecular weight excluding hydrogens is 414 g/mol. The number of benzene rings is 1. The summed E-state index contributed by atoms with van der Waals surface area (Å²) in [5.41, 5.74) is 0. The minimum absolute atomic E-state index is 0.334. The molecule has 0 heterocycles. The number of hydrogen-bond donors (Lipinski definition) is 0. The van der Waals surface area contributed by atoms with Gasteiger partial charge in [0.2, 0.25) is 9.84 Å². The summed E-state index contributed by atoms with van der Waals surface area (Å²) in [6, 6.07) is 8.38. The zero-order valence-corrected chi connectivity index (χ0v) is 11.6. The highest BCUT2D eigenvalue weighted by Gasteiger charge is 2.09. The third-order valence-corrected chi connectivity index (χ3v) is 4.26. The molecule has 0 aliphatic rings. The Morgan fingerprint density at radius 3 is 2.15 bits per heavy atom. The third kappa shape index (κ3) is 3.55. The summed E-state index contributed by atoms with van der Waals surface area (Å²) < 4.78 is 23.8. The Bertz CT molecular complexity index is 405. The average molecular weight is 420 g/mol. The highest BCUT2D eigenvalue weighted by molar-refractivity contribution is 14.2. The minimum atomic E-state index is -3.24. The van der Waals surface area contributed by atoms with Crippen LogP contribution in [0.15, 0.2) is 42.2 Å². The molecule has 1 aromatic carbocycles. The van der Waals surface area contributed by atoms with Crippen LogP contribution in [0.3, 0.4) is 0 Å². The Balaban J connectivity index is 3.18. The molecule has 0 aromatic heterocycles. The van der Waals surface area contributed by atoms with E-state index < -0.39 is 9.84 Å². The fourth-order valence-corrected chi connectivity index (χ4v) is 3.71. The van der Waals surface area contributed by atoms with E-state index >= 15 is 0 Å². The van der Waals surface area contributed by atoms with E-state index in [-0.39, 0.29) is 0 Å². The molecular formula is C8H6I2O2S. The van der Waals surface area contributed by atoms with Gasteiger partial charge in [-0.1, -0.05) is 18.2 Å². The normalized spacial score (nSPS) is 10.9. The van der Waals surface area contributed by atoms with Crippen LogP contribution in [0.1, 0.15) is 0 Å². The van der Waals surface area contributed by atoms with E-state index in [2.05, 4.69) is 0 Å². The molecule has 0 N–H and O–H groups in total. The molecule has 0 saturated carbocycles. The Labute approximate surface area is 105 Å². The van der Waals surface area contributed by atoms with Crippen LogP contribution in [0.4, 0.5) is 0 Å². The van der Waals surface area contributed by atoms with Crippen LogP contribution in [0.25, 0.3) is 0 Å². The molecule has 1 aromatic rings. The van der Waals surface area contributed by atoms with Crippen LogP contribution in [0.2, 0.25) is 0 Å². The van der Waals surface area contributed by atoms with Gasteiger partial charge in [0, 0.05) is 0 Å². The zero-order chi connectivity index (χ0) is 9.90. The van der Waals surface area contributed by atoms with Gasteiger partial charge >= 0.3 is 0 Å². The second kappa shape index (κ2) is 4.74. The van der Waals surface area contributed by atoms with E-state index in [0.717, 1.165) is 1.59 Å². The number of halogens is 2. The predicted molar refractivity (Wildman–Crippen MR) is 69.8 cm³/mol. The van der Waals surface area contributed by atoms with Gasteiger partial charge in [-0.15, -0.1) is 0 Å². The first-order valence-corrected chi connectivity index (χ1v) is 7.05. The molecule has 0 aliphatic heterocycles. The van der Waals surface area contributed by atoms with E-state index in [1.165, 1.54) is 5.41 Å². The lowest BCUT2D eigenvalue weighted by atomic mass is 10.4. The van der Waals surface area contributed by atoms with Crippen molar-refractivity contribution in [3.8, 4) is 0 Å². The summed E-state index contributed by atoms with van der Waals surface area (Å²) in [5, 5.41) is 1.25. The van der Waals surface area contributed by atoms with Crippen LogP contribution in [-0.4, -0.2) is 8.42 Å². The summed E-state index contributed by atoms with van der Waals surface area (Å²) in [6.45, 7) is 0. The fraction of sp³-hybridized carbons (Fsp3) is 0. The maximum atomic E-state index is 11.6. The molecule has 0 saturated heterocycles. The van der Waals surface area contributed by atoms with Crippen LogP contribution in [-0.2, 0) is 9.84 Å². The van der Waals surface area contributed by atoms with Crippen molar-refractivity contribution in [2.24, 2.45) is 0 Å². The van der Waals surface area contributed by atoms with Crippen LogP contribution in [0, 0.1) is 0 Å². The van der Waals surface area contributed by atoms with E-state index in [1.807, 2.05) is 45.2 Å². The van der Waals surface area contributed by atoms with E-state index in [0.29, 0.717) is 4.90 Å². The standard InChI is InChI=1S/C8H6I2O2S/c9-8(10)6-13(11,12)7-4-2-1-3-5-7/h1-6H. The topological polar surface area (TPSA) is 34.1 Å². The summed E-state index contributed by atoms with van der Waals surface area (Å²) in [6.07, 6.45) is 0. The SMILES string of the molecule is O=S(=O)(C=C(I)I)c1ccccc1. The van der Waals surface area contributed by atoms with E-state index in [4.69, 9.17) is 0 Å². The predicted octanol–water partition coefficient (Wildman–Crippen LogP) is 3.13. The summed E-state index contributed by atoms with van der Waals surface area (Å²) in [4.78, 5) is 0.334. The van der Waals surface area contributed by atoms with Crippen molar-refractivity contribution < 1.29 is 8.42 Å². The van der Waals surface area contributed by atoms with Gasteiger partial charge in [0.15, 0.2) is 0 Å². The molecule has 0 amide bonds. The summed E-state index contributed by atoms with van der Waals surface area (Å²) in [7, 11) is -3.24. The second-order valence-corrected chi connectivity index (χ2v) is 8.45. The van der Waals surface area contributed by atoms with Crippen LogP contribution >= 0.6 is 45.2 Å². The van der Waals surface area contributed by atoms with Crippen molar-refractivity contribution in [2.45, 2.75) is 4.90 Å². The number of hydrogen-bond acceptors (Lipinski definition) is 2. The van der Waals surface area contributed by atoms with Crippen molar-refractivity contribution in [2.75, 3.05) is 0 Å². The Hall–Kier alpha value is 0.370. The van der Waals surface area contributed by atoms with Crippen molar-refractivity contribution in [3.63, 3.8) is 0 Å². The van der Waals surface area contributed by atoms with E-state index in [9.17, 15) is 8.42 Å². The van der Waals surface area contributed by atoms with Gasteiger partial charge in [-0.05, 0) is 57.3 Å². The molecule has 13 heavy (non-hydrogen) atoms. The van der Waals surface area contributed by atoms with Gasteiger partial charge in [0.05, 0.1) is 11.9 Å². The lowest BCUT2D eigenvalue weighted by molar-refractivity contribution is 0.604. The molecule has 5 heteroatoms. The average Bonchev–Trinajstić information content (AvgIpc) is 2.04. The monoisotopic (exact) mass is 420 g/mol. The number of rotatable bonds is 2. The largest absolute Gasteiger partial charge is 0.219 e. The first kappa shape index (κ1) is 11.4. The Morgan fingerprint density at radius 2 is 1.69 bits per heavy atom. The van der Waals surface area contributed by atoms with Gasteiger partial charge in [0.25, 0.3) is 0 Å². The molecule has 1 rings (SSSR count). The first-order chi connectivity index (χ1) is 6.02. The first-order valence-electron chi connectivity index (χ1n) is 3.35. The summed E-state index contributed by atoms with van der Waals surface area (Å²) >= 11 is 3.93. The molecule has 0 bridgehead atoms. The maximum absolute atomic E-state index is 11.6. The molecule has 2 nitrogen and oxygen atoms in total. The van der Waals surface area contributed by atoms with Crippen molar-refractivity contribution in [1.29, 1.82) is 0 Å². The van der Waals surface area contributed by atoms with Crippen molar-refractivity contribution in [1.82, 2.24) is 0 Å². The van der Waals surface area contributed by atoms with Gasteiger partial charge in [-0.3, -0.25) is 0 Å². The van der Waals surface area contributed by atoms with Gasteiger partial charge in [0.1, 0.15) is 0 Å². The molecule has 0 radical (unpaired) electrons. The molecule has 0 spiro atoms. The molecule has 0 aliphatic carbocycles. The lowest BCUT2D eigenvalue weighted by Crippen LogP contribution is -1.95. The van der Waals surface area contributed by atoms with Gasteiger partial charge < -0.3 is 0 Å². The van der Waals surface area contributed by atoms with E-state index in [1.54, 1.807) is 30.3 Å². The fourth-order valence-electron chi connectivity index (χ4n) is 0.795. The highest BCUT2D eigenvalue weighted by atomic mass is 127. The summed E-state index contributed by atoms with van der Waals surface area (Å²) in [5.74, 6) is 0. The lowest BCUT2D eigenvalue weighted by Gasteiger charge is -1.97. The minimum Gasteiger partial charge on any atom is -0.219 e. The molecule has 0 unspecified atom stereocenters. The Kier molecular flexibility index (Phi) is 4.17. The smallest absolute Gasteiger partial charge is 0.201 e. The quantitative estimate of drug-likeness (QED) is 0.690. The Morgan fingerprint density at radius 1 is 1.15 bits per heavy atom. The molecule has 0 fully saturated rings. The van der Waals surface area contributed by atoms with Crippen molar-refractivity contribution >= 4 is 55.0 Å². The number of sulfone groups is 1.